The Balaban J connectivity index is 1.44. The summed E-state index contributed by atoms with van der Waals surface area (Å²) >= 11 is 1.46. The van der Waals surface area contributed by atoms with Crippen LogP contribution in [0.2, 0.25) is 0 Å². The summed E-state index contributed by atoms with van der Waals surface area (Å²) in [5.74, 6) is -0.245. The summed E-state index contributed by atoms with van der Waals surface area (Å²) in [7, 11) is 0. The molecule has 156 valence electrons. The van der Waals surface area contributed by atoms with Crippen LogP contribution in [0.1, 0.15) is 27.1 Å². The fourth-order valence-corrected chi connectivity index (χ4v) is 4.99. The first-order valence-electron chi connectivity index (χ1n) is 9.87. The predicted molar refractivity (Wildman–Crippen MR) is 119 cm³/mol. The van der Waals surface area contributed by atoms with Gasteiger partial charge in [-0.15, -0.1) is 11.3 Å². The molecule has 2 aromatic carbocycles. The van der Waals surface area contributed by atoms with Crippen molar-refractivity contribution in [3.05, 3.63) is 91.8 Å². The standard InChI is InChI=1S/C23H20N4O3S/c24-13-20-19-10-11-26(14-17-4-2-1-3-5-17)15-21(19)31-23(20)25-22(28)12-16-6-8-18(9-7-16)27(29)30/h1-9H,10-12,14-15H2,(H,25,28). The summed E-state index contributed by atoms with van der Waals surface area (Å²) in [6.07, 6.45) is 0.866. The number of amides is 1. The van der Waals surface area contributed by atoms with Gasteiger partial charge in [0.15, 0.2) is 0 Å². The van der Waals surface area contributed by atoms with Gasteiger partial charge in [-0.2, -0.15) is 5.26 Å². The van der Waals surface area contributed by atoms with Gasteiger partial charge in [0.1, 0.15) is 11.1 Å². The minimum Gasteiger partial charge on any atom is -0.316 e. The average molecular weight is 433 g/mol. The van der Waals surface area contributed by atoms with E-state index in [-0.39, 0.29) is 18.0 Å². The second kappa shape index (κ2) is 9.08. The second-order valence-electron chi connectivity index (χ2n) is 7.41. The number of nitrogens with one attached hydrogen (secondary N) is 1. The van der Waals surface area contributed by atoms with Gasteiger partial charge in [0.2, 0.25) is 5.91 Å². The summed E-state index contributed by atoms with van der Waals surface area (Å²) in [6, 6.07) is 18.4. The number of nitriles is 1. The van der Waals surface area contributed by atoms with Gasteiger partial charge in [-0.25, -0.2) is 0 Å². The quantitative estimate of drug-likeness (QED) is 0.463. The molecule has 3 aromatic rings. The Bertz CT molecular complexity index is 1150. The predicted octanol–water partition coefficient (Wildman–Crippen LogP) is 4.27. The Hall–Kier alpha value is -3.54. The highest BCUT2D eigenvalue weighted by Gasteiger charge is 2.25. The molecule has 0 saturated heterocycles. The number of carbonyl (C=O) groups is 1. The van der Waals surface area contributed by atoms with Gasteiger partial charge in [-0.05, 0) is 23.1 Å². The Morgan fingerprint density at radius 2 is 1.90 bits per heavy atom. The van der Waals surface area contributed by atoms with Gasteiger partial charge in [-0.1, -0.05) is 42.5 Å². The Morgan fingerprint density at radius 3 is 2.58 bits per heavy atom. The van der Waals surface area contributed by atoms with Gasteiger partial charge < -0.3 is 5.32 Å². The maximum absolute atomic E-state index is 12.5. The molecule has 1 amide bonds. The Labute approximate surface area is 183 Å². The molecule has 0 unspecified atom stereocenters. The lowest BCUT2D eigenvalue weighted by Gasteiger charge is -2.26. The number of hydrogen-bond donors (Lipinski definition) is 1. The van der Waals surface area contributed by atoms with E-state index in [1.807, 2.05) is 18.2 Å². The van der Waals surface area contributed by atoms with E-state index in [9.17, 15) is 20.2 Å². The summed E-state index contributed by atoms with van der Waals surface area (Å²) in [5, 5.41) is 23.9. The number of nitrogens with zero attached hydrogens (tertiary/aromatic N) is 3. The number of nitro benzene ring substituents is 1. The maximum Gasteiger partial charge on any atom is 0.269 e. The van der Waals surface area contributed by atoms with Crippen molar-refractivity contribution in [3.63, 3.8) is 0 Å². The van der Waals surface area contributed by atoms with Crippen LogP contribution in [-0.4, -0.2) is 22.3 Å². The molecule has 7 nitrogen and oxygen atoms in total. The summed E-state index contributed by atoms with van der Waals surface area (Å²) in [4.78, 5) is 26.3. The van der Waals surface area contributed by atoms with E-state index in [0.717, 1.165) is 36.5 Å². The highest BCUT2D eigenvalue weighted by atomic mass is 32.1. The Morgan fingerprint density at radius 1 is 1.16 bits per heavy atom. The second-order valence-corrected chi connectivity index (χ2v) is 8.52. The van der Waals surface area contributed by atoms with Gasteiger partial charge in [0.05, 0.1) is 16.9 Å². The van der Waals surface area contributed by atoms with Crippen molar-refractivity contribution in [2.45, 2.75) is 25.9 Å². The van der Waals surface area contributed by atoms with E-state index in [4.69, 9.17) is 0 Å². The zero-order valence-electron chi connectivity index (χ0n) is 16.7. The molecule has 1 aliphatic heterocycles. The lowest BCUT2D eigenvalue weighted by molar-refractivity contribution is -0.384. The first-order valence-corrected chi connectivity index (χ1v) is 10.7. The van der Waals surface area contributed by atoms with Crippen LogP contribution < -0.4 is 5.32 Å². The lowest BCUT2D eigenvalue weighted by Crippen LogP contribution is -2.29. The summed E-state index contributed by atoms with van der Waals surface area (Å²) in [6.45, 7) is 2.47. The number of benzene rings is 2. The number of thiophene rings is 1. The van der Waals surface area contributed by atoms with Crippen LogP contribution in [-0.2, 0) is 30.7 Å². The first-order chi connectivity index (χ1) is 15.0. The van der Waals surface area contributed by atoms with Crippen LogP contribution in [0.5, 0.6) is 0 Å². The van der Waals surface area contributed by atoms with Gasteiger partial charge in [-0.3, -0.25) is 19.8 Å². The molecule has 0 atom stereocenters. The molecule has 2 heterocycles. The molecule has 8 heteroatoms. The maximum atomic E-state index is 12.5. The highest BCUT2D eigenvalue weighted by molar-refractivity contribution is 7.16. The summed E-state index contributed by atoms with van der Waals surface area (Å²) < 4.78 is 0. The largest absolute Gasteiger partial charge is 0.316 e. The minimum absolute atomic E-state index is 0.0121. The summed E-state index contributed by atoms with van der Waals surface area (Å²) in [5.41, 5.74) is 3.50. The molecular formula is C23H20N4O3S. The van der Waals surface area contributed by atoms with Crippen molar-refractivity contribution in [2.75, 3.05) is 11.9 Å². The number of carbonyl (C=O) groups excluding carboxylic acids is 1. The number of anilines is 1. The number of nitro groups is 1. The molecule has 0 bridgehead atoms. The van der Waals surface area contributed by atoms with Gasteiger partial charge in [0.25, 0.3) is 5.69 Å². The molecule has 0 saturated carbocycles. The monoisotopic (exact) mass is 432 g/mol. The molecule has 1 aromatic heterocycles. The molecule has 1 N–H and O–H groups in total. The lowest BCUT2D eigenvalue weighted by atomic mass is 10.0. The third-order valence-electron chi connectivity index (χ3n) is 5.26. The van der Waals surface area contributed by atoms with E-state index in [0.29, 0.717) is 16.1 Å². The highest BCUT2D eigenvalue weighted by Crippen LogP contribution is 2.37. The fraction of sp³-hybridized carbons (Fsp3) is 0.217. The van der Waals surface area contributed by atoms with Crippen molar-refractivity contribution in [1.29, 1.82) is 5.26 Å². The van der Waals surface area contributed by atoms with Crippen LogP contribution in [0.3, 0.4) is 0 Å². The van der Waals surface area contributed by atoms with E-state index in [1.165, 1.54) is 29.0 Å². The molecule has 0 aliphatic carbocycles. The molecule has 0 spiro atoms. The molecule has 4 rings (SSSR count). The number of non-ortho nitro benzene ring substituents is 1. The van der Waals surface area contributed by atoms with E-state index < -0.39 is 4.92 Å². The van der Waals surface area contributed by atoms with Crippen molar-refractivity contribution < 1.29 is 9.72 Å². The molecule has 0 radical (unpaired) electrons. The normalized spacial score (nSPS) is 13.3. The third kappa shape index (κ3) is 4.79. The smallest absolute Gasteiger partial charge is 0.269 e. The van der Waals surface area contributed by atoms with Crippen molar-refractivity contribution in [1.82, 2.24) is 4.90 Å². The van der Waals surface area contributed by atoms with Gasteiger partial charge in [0, 0.05) is 36.6 Å². The fourth-order valence-electron chi connectivity index (χ4n) is 3.73. The Kier molecular flexibility index (Phi) is 6.07. The molecule has 31 heavy (non-hydrogen) atoms. The minimum atomic E-state index is -0.472. The van der Waals surface area contributed by atoms with Crippen LogP contribution in [0.25, 0.3) is 0 Å². The molecule has 1 aliphatic rings. The zero-order chi connectivity index (χ0) is 21.8. The number of hydrogen-bond acceptors (Lipinski definition) is 6. The molecular weight excluding hydrogens is 412 g/mol. The van der Waals surface area contributed by atoms with Crippen LogP contribution in [0.4, 0.5) is 10.7 Å². The number of rotatable bonds is 6. The van der Waals surface area contributed by atoms with Crippen LogP contribution >= 0.6 is 11.3 Å². The van der Waals surface area contributed by atoms with Crippen LogP contribution in [0.15, 0.2) is 54.6 Å². The van der Waals surface area contributed by atoms with Crippen LogP contribution in [0, 0.1) is 21.4 Å². The number of fused-ring (bicyclic) bond motifs is 1. The zero-order valence-corrected chi connectivity index (χ0v) is 17.5. The van der Waals surface area contributed by atoms with Crippen molar-refractivity contribution >= 4 is 27.9 Å². The third-order valence-corrected chi connectivity index (χ3v) is 6.39. The first kappa shape index (κ1) is 20.7. The van der Waals surface area contributed by atoms with E-state index >= 15 is 0 Å². The topological polar surface area (TPSA) is 99.3 Å². The van der Waals surface area contributed by atoms with Crippen molar-refractivity contribution in [3.8, 4) is 6.07 Å². The van der Waals surface area contributed by atoms with E-state index in [2.05, 4.69) is 28.4 Å². The van der Waals surface area contributed by atoms with Gasteiger partial charge >= 0.3 is 0 Å². The SMILES string of the molecule is N#Cc1c(NC(=O)Cc2ccc([N+](=O)[O-])cc2)sc2c1CCN(Cc1ccccc1)C2. The van der Waals surface area contributed by atoms with Crippen molar-refractivity contribution in [2.24, 2.45) is 0 Å². The van der Waals surface area contributed by atoms with E-state index in [1.54, 1.807) is 12.1 Å². The molecule has 0 fully saturated rings. The average Bonchev–Trinajstić information content (AvgIpc) is 3.10.